The number of para-hydroxylation sites is 1. The molecule has 1 aliphatic rings. The third-order valence-corrected chi connectivity index (χ3v) is 5.88. The monoisotopic (exact) mass is 492 g/mol. The van der Waals surface area contributed by atoms with E-state index < -0.39 is 0 Å². The van der Waals surface area contributed by atoms with Crippen LogP contribution in [0.1, 0.15) is 42.0 Å². The molecule has 0 aliphatic carbocycles. The van der Waals surface area contributed by atoms with Crippen molar-refractivity contribution in [1.82, 2.24) is 10.5 Å². The maximum atomic E-state index is 12.3. The molecule has 4 rings (SSSR count). The number of fused-ring (bicyclic) bond motifs is 1. The Labute approximate surface area is 211 Å². The predicted molar refractivity (Wildman–Crippen MR) is 136 cm³/mol. The summed E-state index contributed by atoms with van der Waals surface area (Å²) in [6.45, 7) is 8.87. The molecule has 1 N–H and O–H groups in total. The molecule has 0 bridgehead atoms. The topological polar surface area (TPSA) is 92.1 Å². The summed E-state index contributed by atoms with van der Waals surface area (Å²) in [4.78, 5) is 12.3. The van der Waals surface area contributed by atoms with E-state index in [4.69, 9.17) is 23.5 Å². The number of benzene rings is 2. The fourth-order valence-corrected chi connectivity index (χ4v) is 4.03. The molecule has 2 aromatic carbocycles. The fraction of sp³-hybridized carbons (Fsp3) is 0.357. The average Bonchev–Trinajstić information content (AvgIpc) is 3.35. The summed E-state index contributed by atoms with van der Waals surface area (Å²) in [6.07, 6.45) is 4.04. The van der Waals surface area contributed by atoms with Gasteiger partial charge in [-0.05, 0) is 57.5 Å². The molecule has 8 heteroatoms. The van der Waals surface area contributed by atoms with E-state index in [2.05, 4.69) is 30.4 Å². The molecule has 0 unspecified atom stereocenters. The minimum Gasteiger partial charge on any atom is -0.493 e. The Morgan fingerprint density at radius 3 is 2.72 bits per heavy atom. The second kappa shape index (κ2) is 10.8. The number of carbonyl (C=O) groups is 1. The first-order valence-electron chi connectivity index (χ1n) is 11.9. The van der Waals surface area contributed by atoms with Gasteiger partial charge in [0.15, 0.2) is 23.0 Å². The van der Waals surface area contributed by atoms with Crippen LogP contribution in [0.15, 0.2) is 47.0 Å². The van der Waals surface area contributed by atoms with Crippen molar-refractivity contribution in [3.05, 3.63) is 70.6 Å². The highest BCUT2D eigenvalue weighted by Gasteiger charge is 2.32. The van der Waals surface area contributed by atoms with Gasteiger partial charge in [-0.3, -0.25) is 4.79 Å². The minimum atomic E-state index is -0.233. The molecule has 0 spiro atoms. The normalized spacial score (nSPS) is 13.8. The van der Waals surface area contributed by atoms with Gasteiger partial charge >= 0.3 is 0 Å². The number of aromatic nitrogens is 1. The van der Waals surface area contributed by atoms with Crippen molar-refractivity contribution in [3.8, 4) is 23.0 Å². The zero-order valence-corrected chi connectivity index (χ0v) is 21.3. The van der Waals surface area contributed by atoms with Crippen molar-refractivity contribution >= 4 is 12.0 Å². The molecular formula is C28H32N2O6. The average molecular weight is 493 g/mol. The third-order valence-electron chi connectivity index (χ3n) is 5.88. The molecule has 1 aromatic heterocycles. The lowest BCUT2D eigenvalue weighted by Crippen LogP contribution is -2.26. The quantitative estimate of drug-likeness (QED) is 0.321. The van der Waals surface area contributed by atoms with E-state index in [0.717, 1.165) is 40.3 Å². The van der Waals surface area contributed by atoms with E-state index in [0.29, 0.717) is 37.0 Å². The van der Waals surface area contributed by atoms with Gasteiger partial charge in [-0.1, -0.05) is 23.4 Å². The number of nitrogens with zero attached hydrogens (tertiary/aromatic N) is 1. The maximum Gasteiger partial charge on any atom is 0.244 e. The highest BCUT2D eigenvalue weighted by molar-refractivity contribution is 5.91. The molecule has 1 amide bonds. The van der Waals surface area contributed by atoms with Gasteiger partial charge in [-0.25, -0.2) is 0 Å². The Balaban J connectivity index is 1.26. The molecule has 0 fully saturated rings. The first kappa shape index (κ1) is 25.2. The SMILES string of the molecule is COc1cc(/C=C/C(=O)NCCOc2cccc3c2OC(C)(C)C3)ccc1OCc1c(C)noc1C. The summed E-state index contributed by atoms with van der Waals surface area (Å²) in [7, 11) is 1.58. The first-order chi connectivity index (χ1) is 17.3. The van der Waals surface area contributed by atoms with E-state index in [1.54, 1.807) is 13.2 Å². The van der Waals surface area contributed by atoms with Crippen LogP contribution in [0, 0.1) is 13.8 Å². The van der Waals surface area contributed by atoms with Crippen LogP contribution in [0.2, 0.25) is 0 Å². The standard InChI is InChI=1S/C28H32N2O6/c1-18-22(19(2)36-30-18)17-34-23-11-9-20(15-25(23)32-5)10-12-26(31)29-13-14-33-24-8-6-7-21-16-28(3,4)35-27(21)24/h6-12,15H,13-14,16-17H2,1-5H3,(H,29,31)/b12-10+. The van der Waals surface area contributed by atoms with Crippen LogP contribution >= 0.6 is 0 Å². The van der Waals surface area contributed by atoms with Gasteiger partial charge in [0.05, 0.1) is 24.9 Å². The number of carbonyl (C=O) groups excluding carboxylic acids is 1. The number of amides is 1. The second-order valence-corrected chi connectivity index (χ2v) is 9.26. The molecule has 0 saturated heterocycles. The molecule has 2 heterocycles. The summed E-state index contributed by atoms with van der Waals surface area (Å²) in [6, 6.07) is 11.4. The molecule has 1 aliphatic heterocycles. The van der Waals surface area contributed by atoms with Gasteiger partial charge in [-0.15, -0.1) is 0 Å². The molecule has 0 radical (unpaired) electrons. The molecular weight excluding hydrogens is 460 g/mol. The fourth-order valence-electron chi connectivity index (χ4n) is 4.03. The number of nitrogens with one attached hydrogen (secondary N) is 1. The maximum absolute atomic E-state index is 12.3. The highest BCUT2D eigenvalue weighted by atomic mass is 16.5. The molecule has 190 valence electrons. The van der Waals surface area contributed by atoms with E-state index in [1.165, 1.54) is 6.08 Å². The van der Waals surface area contributed by atoms with Crippen LogP contribution < -0.4 is 24.3 Å². The van der Waals surface area contributed by atoms with Crippen molar-refractivity contribution in [2.24, 2.45) is 0 Å². The van der Waals surface area contributed by atoms with Crippen molar-refractivity contribution < 1.29 is 28.3 Å². The van der Waals surface area contributed by atoms with Crippen LogP contribution in [0.4, 0.5) is 0 Å². The molecule has 36 heavy (non-hydrogen) atoms. The van der Waals surface area contributed by atoms with Gasteiger partial charge in [0.1, 0.15) is 24.6 Å². The number of rotatable bonds is 10. The molecule has 0 atom stereocenters. The summed E-state index contributed by atoms with van der Waals surface area (Å²) in [5.74, 6) is 3.17. The van der Waals surface area contributed by atoms with E-state index in [1.807, 2.05) is 44.2 Å². The van der Waals surface area contributed by atoms with Crippen LogP contribution in [0.3, 0.4) is 0 Å². The third kappa shape index (κ3) is 6.00. The van der Waals surface area contributed by atoms with Gasteiger partial charge in [-0.2, -0.15) is 0 Å². The van der Waals surface area contributed by atoms with Gasteiger partial charge < -0.3 is 28.8 Å². The lowest BCUT2D eigenvalue weighted by atomic mass is 10.0. The number of ether oxygens (including phenoxy) is 4. The van der Waals surface area contributed by atoms with Crippen molar-refractivity contribution in [3.63, 3.8) is 0 Å². The first-order valence-corrected chi connectivity index (χ1v) is 11.9. The zero-order valence-electron chi connectivity index (χ0n) is 21.3. The van der Waals surface area contributed by atoms with Gasteiger partial charge in [0, 0.05) is 18.1 Å². The number of hydrogen-bond acceptors (Lipinski definition) is 7. The van der Waals surface area contributed by atoms with Crippen molar-refractivity contribution in [1.29, 1.82) is 0 Å². The summed E-state index contributed by atoms with van der Waals surface area (Å²) < 4.78 is 28.4. The van der Waals surface area contributed by atoms with E-state index in [-0.39, 0.29) is 11.5 Å². The number of methoxy groups -OCH3 is 1. The van der Waals surface area contributed by atoms with Crippen LogP contribution in [0.25, 0.3) is 6.08 Å². The summed E-state index contributed by atoms with van der Waals surface area (Å²) in [5, 5.41) is 6.77. The summed E-state index contributed by atoms with van der Waals surface area (Å²) >= 11 is 0. The lowest BCUT2D eigenvalue weighted by molar-refractivity contribution is -0.116. The van der Waals surface area contributed by atoms with Crippen molar-refractivity contribution in [2.75, 3.05) is 20.3 Å². The van der Waals surface area contributed by atoms with Crippen molar-refractivity contribution in [2.45, 2.75) is 46.3 Å². The Kier molecular flexibility index (Phi) is 7.52. The Morgan fingerprint density at radius 2 is 1.97 bits per heavy atom. The Morgan fingerprint density at radius 1 is 1.14 bits per heavy atom. The largest absolute Gasteiger partial charge is 0.493 e. The molecule has 3 aromatic rings. The zero-order chi connectivity index (χ0) is 25.7. The summed E-state index contributed by atoms with van der Waals surface area (Å²) in [5.41, 5.74) is 3.42. The van der Waals surface area contributed by atoms with Crippen LogP contribution in [0.5, 0.6) is 23.0 Å². The van der Waals surface area contributed by atoms with E-state index in [9.17, 15) is 4.79 Å². The van der Waals surface area contributed by atoms with Crippen LogP contribution in [-0.4, -0.2) is 36.9 Å². The Bertz CT molecular complexity index is 1240. The number of aryl methyl sites for hydroxylation is 2. The van der Waals surface area contributed by atoms with Gasteiger partial charge in [0.2, 0.25) is 5.91 Å². The second-order valence-electron chi connectivity index (χ2n) is 9.26. The number of hydrogen-bond donors (Lipinski definition) is 1. The lowest BCUT2D eigenvalue weighted by Gasteiger charge is -2.18. The van der Waals surface area contributed by atoms with E-state index >= 15 is 0 Å². The van der Waals surface area contributed by atoms with Gasteiger partial charge in [0.25, 0.3) is 0 Å². The molecule has 0 saturated carbocycles. The smallest absolute Gasteiger partial charge is 0.244 e. The van der Waals surface area contributed by atoms with Crippen LogP contribution in [-0.2, 0) is 17.8 Å². The predicted octanol–water partition coefficient (Wildman–Crippen LogP) is 4.80. The minimum absolute atomic E-state index is 0.216. The molecule has 8 nitrogen and oxygen atoms in total. The highest BCUT2D eigenvalue weighted by Crippen LogP contribution is 2.41. The Hall–Kier alpha value is -3.94.